The van der Waals surface area contributed by atoms with Crippen LogP contribution in [0.25, 0.3) is 0 Å². The minimum Gasteiger partial charge on any atom is -0.363 e. The highest BCUT2D eigenvalue weighted by Crippen LogP contribution is 2.71. The molecule has 0 radical (unpaired) electrons. The Morgan fingerprint density at radius 2 is 1.33 bits per heavy atom. The summed E-state index contributed by atoms with van der Waals surface area (Å²) in [5.41, 5.74) is 8.62. The zero-order valence-electron chi connectivity index (χ0n) is 40.5. The van der Waals surface area contributed by atoms with Gasteiger partial charge in [-0.05, 0) is 140 Å². The van der Waals surface area contributed by atoms with Gasteiger partial charge >= 0.3 is 0 Å². The lowest BCUT2D eigenvalue weighted by Gasteiger charge is -2.68. The lowest BCUT2D eigenvalue weighted by atomic mass is 9.20. The molecule has 3 aliphatic heterocycles. The van der Waals surface area contributed by atoms with Crippen molar-refractivity contribution in [1.29, 1.82) is 0 Å². The van der Waals surface area contributed by atoms with Crippen molar-refractivity contribution in [1.82, 2.24) is 9.80 Å². The van der Waals surface area contributed by atoms with Crippen LogP contribution in [0.2, 0.25) is 11.6 Å². The number of nitrogens with zero attached hydrogens (tertiary/aromatic N) is 2. The highest BCUT2D eigenvalue weighted by Gasteiger charge is 2.72. The van der Waals surface area contributed by atoms with Crippen LogP contribution in [0, 0.1) is 57.2 Å². The standard InChI is InChI=1S/C57H87BN2/c1-53(2,3)40-25-27-47(43(33-40)38-23-17-13-18-24-38)59-48-28-26-41(54(4,5)6)35-45(48)58-46-36-42(55(7,8)9)34-44-52(46)60(56(10,11)57(44)29-19-14-20-30-57)50-32-39(31-49(59)51(50)58)37-21-15-12-16-22-37/h13,17-18,23,27,33-35,37-42,46,48-52H,12,14-16,19-22,24-26,28-32,36H2,1-11H3. The summed E-state index contributed by atoms with van der Waals surface area (Å²) in [6, 6.07) is 2.47. The number of hydrogen-bond donors (Lipinski definition) is 0. The van der Waals surface area contributed by atoms with Crippen LogP contribution in [0.15, 0.2) is 70.9 Å². The lowest BCUT2D eigenvalue weighted by molar-refractivity contribution is -0.0529. The third kappa shape index (κ3) is 6.61. The molecule has 0 amide bonds. The second kappa shape index (κ2) is 14.9. The Labute approximate surface area is 369 Å². The molecule has 328 valence electrons. The fourth-order valence-corrected chi connectivity index (χ4v) is 17.0. The van der Waals surface area contributed by atoms with Crippen LogP contribution >= 0.6 is 0 Å². The van der Waals surface area contributed by atoms with E-state index in [2.05, 4.69) is 135 Å². The predicted molar refractivity (Wildman–Crippen MR) is 257 cm³/mol. The summed E-state index contributed by atoms with van der Waals surface area (Å²) in [5, 5.41) is 0. The zero-order valence-corrected chi connectivity index (χ0v) is 40.5. The molecule has 1 spiro atoms. The third-order valence-electron chi connectivity index (χ3n) is 20.4. The van der Waals surface area contributed by atoms with Gasteiger partial charge in [0, 0.05) is 46.7 Å². The van der Waals surface area contributed by atoms with Gasteiger partial charge in [-0.15, -0.1) is 0 Å². The monoisotopic (exact) mass is 811 g/mol. The summed E-state index contributed by atoms with van der Waals surface area (Å²) in [6.07, 6.45) is 45.2. The molecule has 3 saturated carbocycles. The Hall–Kier alpha value is -1.74. The van der Waals surface area contributed by atoms with Crippen LogP contribution in [0.3, 0.4) is 0 Å². The van der Waals surface area contributed by atoms with Crippen LogP contribution in [0.1, 0.15) is 185 Å². The van der Waals surface area contributed by atoms with Crippen LogP contribution in [0.4, 0.5) is 0 Å². The fraction of sp³-hybridized carbons (Fsp3) is 0.789. The van der Waals surface area contributed by atoms with Crippen LogP contribution in [-0.2, 0) is 0 Å². The molecule has 11 unspecified atom stereocenters. The van der Waals surface area contributed by atoms with E-state index in [9.17, 15) is 0 Å². The van der Waals surface area contributed by atoms with Gasteiger partial charge in [0.25, 0.3) is 0 Å². The van der Waals surface area contributed by atoms with Crippen molar-refractivity contribution >= 4 is 6.71 Å². The molecular formula is C57H87BN2. The number of hydrogen-bond acceptors (Lipinski definition) is 2. The molecule has 0 bridgehead atoms. The number of rotatable bonds is 3. The molecule has 6 fully saturated rings. The molecule has 3 heterocycles. The number of allylic oxidation sites excluding steroid dienone is 9. The Bertz CT molecular complexity index is 1840. The van der Waals surface area contributed by atoms with Gasteiger partial charge in [0.05, 0.1) is 0 Å². The van der Waals surface area contributed by atoms with Crippen molar-refractivity contribution in [2.24, 2.45) is 57.2 Å². The Morgan fingerprint density at radius 1 is 0.650 bits per heavy atom. The second-order valence-corrected chi connectivity index (χ2v) is 26.6. The predicted octanol–water partition coefficient (Wildman–Crippen LogP) is 15.0. The first kappa shape index (κ1) is 42.2. The van der Waals surface area contributed by atoms with Crippen molar-refractivity contribution in [3.63, 3.8) is 0 Å². The van der Waals surface area contributed by atoms with Crippen molar-refractivity contribution in [2.75, 3.05) is 0 Å². The Morgan fingerprint density at radius 3 is 2.00 bits per heavy atom. The lowest BCUT2D eigenvalue weighted by Crippen LogP contribution is -2.72. The molecule has 11 atom stereocenters. The summed E-state index contributed by atoms with van der Waals surface area (Å²) in [4.78, 5) is 6.68. The van der Waals surface area contributed by atoms with E-state index in [1.165, 1.54) is 103 Å². The van der Waals surface area contributed by atoms with Crippen molar-refractivity contribution in [3.8, 4) is 0 Å². The smallest absolute Gasteiger partial charge is 0.184 e. The third-order valence-corrected chi connectivity index (χ3v) is 20.4. The molecule has 10 aliphatic rings. The highest BCUT2D eigenvalue weighted by atomic mass is 15.3. The maximum Gasteiger partial charge on any atom is 0.184 e. The summed E-state index contributed by atoms with van der Waals surface area (Å²) in [7, 11) is 0. The van der Waals surface area contributed by atoms with E-state index < -0.39 is 0 Å². The molecule has 60 heavy (non-hydrogen) atoms. The zero-order chi connectivity index (χ0) is 42.1. The summed E-state index contributed by atoms with van der Waals surface area (Å²) in [6.45, 7) is 29.3. The summed E-state index contributed by atoms with van der Waals surface area (Å²) >= 11 is 0. The molecule has 3 heteroatoms. The van der Waals surface area contributed by atoms with Crippen molar-refractivity contribution in [2.45, 2.75) is 227 Å². The summed E-state index contributed by atoms with van der Waals surface area (Å²) in [5.74, 6) is 5.58. The molecule has 0 aromatic heterocycles. The van der Waals surface area contributed by atoms with Crippen LogP contribution in [0.5, 0.6) is 0 Å². The topological polar surface area (TPSA) is 6.48 Å². The van der Waals surface area contributed by atoms with Gasteiger partial charge in [-0.25, -0.2) is 0 Å². The van der Waals surface area contributed by atoms with E-state index in [1.807, 2.05) is 11.0 Å². The van der Waals surface area contributed by atoms with Crippen LogP contribution in [-0.4, -0.2) is 46.2 Å². The van der Waals surface area contributed by atoms with Crippen LogP contribution < -0.4 is 0 Å². The molecule has 0 N–H and O–H groups in total. The molecule has 7 aliphatic carbocycles. The highest BCUT2D eigenvalue weighted by molar-refractivity contribution is 6.71. The van der Waals surface area contributed by atoms with Crippen molar-refractivity contribution in [3.05, 3.63) is 70.9 Å². The SMILES string of the molecule is CC(C)(C)C1C=C(C2C=CC=CC2)C(N2C3CCC(C(C)(C)C)C=C3B3C4CC(C(C)(C)C)C=C5C4N(C4CC(C6CCCCC6)CC2C34)C(C)(C)C52CCCCC2)=CC1. The largest absolute Gasteiger partial charge is 0.363 e. The molecule has 0 aromatic carbocycles. The normalized spacial score (nSPS) is 40.3. The molecular weight excluding hydrogens is 723 g/mol. The minimum atomic E-state index is 0.189. The van der Waals surface area contributed by atoms with Gasteiger partial charge in [0.15, 0.2) is 6.71 Å². The first-order chi connectivity index (χ1) is 28.4. The average Bonchev–Trinajstić information content (AvgIpc) is 3.40. The molecule has 2 nitrogen and oxygen atoms in total. The van der Waals surface area contributed by atoms with E-state index in [1.54, 1.807) is 11.3 Å². The fourth-order valence-electron chi connectivity index (χ4n) is 17.0. The number of fused-ring (bicyclic) bond motifs is 5. The first-order valence-corrected chi connectivity index (χ1v) is 26.2. The minimum absolute atomic E-state index is 0.189. The van der Waals surface area contributed by atoms with E-state index in [0.717, 1.165) is 24.1 Å². The quantitative estimate of drug-likeness (QED) is 0.207. The molecule has 3 saturated heterocycles. The van der Waals surface area contributed by atoms with Gasteiger partial charge < -0.3 is 4.90 Å². The maximum atomic E-state index is 3.40. The second-order valence-electron chi connectivity index (χ2n) is 26.6. The van der Waals surface area contributed by atoms with Gasteiger partial charge in [-0.3, -0.25) is 4.90 Å². The Balaban J connectivity index is 1.19. The first-order valence-electron chi connectivity index (χ1n) is 26.2. The van der Waals surface area contributed by atoms with E-state index in [4.69, 9.17) is 0 Å². The van der Waals surface area contributed by atoms with Crippen molar-refractivity contribution < 1.29 is 0 Å². The van der Waals surface area contributed by atoms with E-state index in [-0.39, 0.29) is 16.4 Å². The van der Waals surface area contributed by atoms with Gasteiger partial charge in [-0.1, -0.05) is 168 Å². The molecule has 0 aromatic rings. The Kier molecular flexibility index (Phi) is 10.5. The van der Waals surface area contributed by atoms with E-state index >= 15 is 0 Å². The summed E-state index contributed by atoms with van der Waals surface area (Å²) < 4.78 is 0. The average molecular weight is 811 g/mol. The van der Waals surface area contributed by atoms with Gasteiger partial charge in [-0.2, -0.15) is 0 Å². The molecule has 10 rings (SSSR count). The maximum absolute atomic E-state index is 3.40. The van der Waals surface area contributed by atoms with Gasteiger partial charge in [0.1, 0.15) is 0 Å². The van der Waals surface area contributed by atoms with Gasteiger partial charge in [0.2, 0.25) is 0 Å². The van der Waals surface area contributed by atoms with E-state index in [0.29, 0.717) is 71.2 Å².